The van der Waals surface area contributed by atoms with Gasteiger partial charge in [-0.1, -0.05) is 18.2 Å². The van der Waals surface area contributed by atoms with Crippen molar-refractivity contribution in [1.82, 2.24) is 0 Å². The van der Waals surface area contributed by atoms with Gasteiger partial charge in [-0.2, -0.15) is 10.4 Å². The SMILES string of the molecule is N#Cc1ccccc1COc1ccc(C=NN)cc1. The van der Waals surface area contributed by atoms with Crippen LogP contribution in [0.15, 0.2) is 53.6 Å². The standard InChI is InChI=1S/C15H13N3O/c16-9-13-3-1-2-4-14(13)11-19-15-7-5-12(6-8-15)10-18-17/h1-8,10H,11,17H2. The van der Waals surface area contributed by atoms with Gasteiger partial charge in [-0.05, 0) is 35.9 Å². The van der Waals surface area contributed by atoms with Gasteiger partial charge >= 0.3 is 0 Å². The van der Waals surface area contributed by atoms with Crippen LogP contribution in [0.25, 0.3) is 0 Å². The van der Waals surface area contributed by atoms with E-state index in [0.29, 0.717) is 12.2 Å². The molecule has 2 aromatic rings. The quantitative estimate of drug-likeness (QED) is 0.515. The first kappa shape index (κ1) is 12.7. The fourth-order valence-corrected chi connectivity index (χ4v) is 1.65. The Morgan fingerprint density at radius 3 is 2.58 bits per heavy atom. The third-order valence-electron chi connectivity index (χ3n) is 2.64. The lowest BCUT2D eigenvalue weighted by Crippen LogP contribution is -1.98. The van der Waals surface area contributed by atoms with Crippen molar-refractivity contribution in [2.45, 2.75) is 6.61 Å². The summed E-state index contributed by atoms with van der Waals surface area (Å²) in [5.41, 5.74) is 2.42. The second-order valence-corrected chi connectivity index (χ2v) is 3.90. The van der Waals surface area contributed by atoms with Crippen molar-refractivity contribution in [3.8, 4) is 11.8 Å². The minimum atomic E-state index is 0.369. The fourth-order valence-electron chi connectivity index (χ4n) is 1.65. The van der Waals surface area contributed by atoms with E-state index in [1.54, 1.807) is 12.3 Å². The summed E-state index contributed by atoms with van der Waals surface area (Å²) >= 11 is 0. The maximum atomic E-state index is 8.98. The molecule has 0 saturated carbocycles. The first-order chi connectivity index (χ1) is 9.33. The summed E-state index contributed by atoms with van der Waals surface area (Å²) < 4.78 is 5.64. The van der Waals surface area contributed by atoms with Gasteiger partial charge in [-0.25, -0.2) is 0 Å². The monoisotopic (exact) mass is 251 g/mol. The van der Waals surface area contributed by atoms with E-state index in [2.05, 4.69) is 11.2 Å². The Balaban J connectivity index is 2.04. The number of nitrogens with zero attached hydrogens (tertiary/aromatic N) is 2. The van der Waals surface area contributed by atoms with Gasteiger partial charge in [-0.15, -0.1) is 0 Å². The lowest BCUT2D eigenvalue weighted by atomic mass is 10.1. The zero-order valence-corrected chi connectivity index (χ0v) is 10.3. The molecular weight excluding hydrogens is 238 g/mol. The van der Waals surface area contributed by atoms with Gasteiger partial charge in [0.1, 0.15) is 12.4 Å². The minimum absolute atomic E-state index is 0.369. The molecule has 4 heteroatoms. The second kappa shape index (κ2) is 6.22. The van der Waals surface area contributed by atoms with Crippen LogP contribution in [0.1, 0.15) is 16.7 Å². The van der Waals surface area contributed by atoms with Gasteiger partial charge in [0.25, 0.3) is 0 Å². The molecule has 94 valence electrons. The number of hydrogen-bond donors (Lipinski definition) is 1. The zero-order valence-electron chi connectivity index (χ0n) is 10.3. The molecule has 0 heterocycles. The highest BCUT2D eigenvalue weighted by atomic mass is 16.5. The fraction of sp³-hybridized carbons (Fsp3) is 0.0667. The van der Waals surface area contributed by atoms with Gasteiger partial charge in [0.15, 0.2) is 0 Å². The zero-order chi connectivity index (χ0) is 13.5. The van der Waals surface area contributed by atoms with Crippen molar-refractivity contribution in [3.63, 3.8) is 0 Å². The average Bonchev–Trinajstić information content (AvgIpc) is 2.47. The smallest absolute Gasteiger partial charge is 0.119 e. The molecule has 19 heavy (non-hydrogen) atoms. The van der Waals surface area contributed by atoms with Gasteiger partial charge < -0.3 is 10.6 Å². The summed E-state index contributed by atoms with van der Waals surface area (Å²) in [6.07, 6.45) is 1.56. The van der Waals surface area contributed by atoms with Crippen molar-refractivity contribution in [2.24, 2.45) is 10.9 Å². The molecule has 0 aliphatic rings. The Morgan fingerprint density at radius 2 is 1.89 bits per heavy atom. The first-order valence-electron chi connectivity index (χ1n) is 5.77. The summed E-state index contributed by atoms with van der Waals surface area (Å²) in [6.45, 7) is 0.369. The molecule has 0 spiro atoms. The van der Waals surface area contributed by atoms with Crippen molar-refractivity contribution >= 4 is 6.21 Å². The van der Waals surface area contributed by atoms with Crippen LogP contribution in [0.5, 0.6) is 5.75 Å². The van der Waals surface area contributed by atoms with Crippen LogP contribution in [0.3, 0.4) is 0 Å². The van der Waals surface area contributed by atoms with E-state index in [0.717, 1.165) is 16.9 Å². The normalized spacial score (nSPS) is 10.3. The number of hydrazone groups is 1. The van der Waals surface area contributed by atoms with E-state index >= 15 is 0 Å². The Kier molecular flexibility index (Phi) is 4.14. The summed E-state index contributed by atoms with van der Waals surface area (Å²) in [4.78, 5) is 0. The average molecular weight is 251 g/mol. The molecule has 0 bridgehead atoms. The third-order valence-corrected chi connectivity index (χ3v) is 2.64. The highest BCUT2D eigenvalue weighted by Crippen LogP contribution is 2.15. The minimum Gasteiger partial charge on any atom is -0.489 e. The van der Waals surface area contributed by atoms with E-state index in [9.17, 15) is 0 Å². The predicted octanol–water partition coefficient (Wildman–Crippen LogP) is 2.43. The van der Waals surface area contributed by atoms with Crippen LogP contribution in [-0.4, -0.2) is 6.21 Å². The molecule has 0 fully saturated rings. The molecule has 0 aliphatic carbocycles. The molecule has 0 unspecified atom stereocenters. The molecule has 2 rings (SSSR count). The maximum absolute atomic E-state index is 8.98. The molecule has 2 aromatic carbocycles. The van der Waals surface area contributed by atoms with Crippen molar-refractivity contribution in [2.75, 3.05) is 0 Å². The van der Waals surface area contributed by atoms with E-state index in [1.807, 2.05) is 42.5 Å². The number of rotatable bonds is 4. The topological polar surface area (TPSA) is 71.4 Å². The molecular formula is C15H13N3O. The van der Waals surface area contributed by atoms with Crippen LogP contribution >= 0.6 is 0 Å². The molecule has 0 amide bonds. The van der Waals surface area contributed by atoms with Gasteiger partial charge in [0.2, 0.25) is 0 Å². The predicted molar refractivity (Wildman–Crippen MR) is 73.7 cm³/mol. The summed E-state index contributed by atoms with van der Waals surface area (Å²) in [5.74, 6) is 5.81. The third kappa shape index (κ3) is 3.33. The molecule has 2 N–H and O–H groups in total. The van der Waals surface area contributed by atoms with Crippen molar-refractivity contribution < 1.29 is 4.74 Å². The van der Waals surface area contributed by atoms with Crippen LogP contribution in [-0.2, 0) is 6.61 Å². The number of ether oxygens (including phenoxy) is 1. The molecule has 0 saturated heterocycles. The number of benzene rings is 2. The number of nitrogens with two attached hydrogens (primary N) is 1. The van der Waals surface area contributed by atoms with Crippen molar-refractivity contribution in [1.29, 1.82) is 5.26 Å². The molecule has 0 atom stereocenters. The van der Waals surface area contributed by atoms with Crippen LogP contribution in [0.4, 0.5) is 0 Å². The van der Waals surface area contributed by atoms with Gasteiger partial charge in [0.05, 0.1) is 17.8 Å². The molecule has 0 radical (unpaired) electrons. The van der Waals surface area contributed by atoms with E-state index in [1.165, 1.54) is 0 Å². The highest BCUT2D eigenvalue weighted by molar-refractivity contribution is 5.79. The van der Waals surface area contributed by atoms with Gasteiger partial charge in [-0.3, -0.25) is 0 Å². The van der Waals surface area contributed by atoms with E-state index in [4.69, 9.17) is 15.8 Å². The Hall–Kier alpha value is -2.80. The summed E-state index contributed by atoms with van der Waals surface area (Å²) in [6, 6.07) is 16.9. The lowest BCUT2D eigenvalue weighted by molar-refractivity contribution is 0.306. The van der Waals surface area contributed by atoms with Crippen molar-refractivity contribution in [3.05, 3.63) is 65.2 Å². The Bertz CT molecular complexity index is 612. The number of hydrogen-bond acceptors (Lipinski definition) is 4. The van der Waals surface area contributed by atoms with Crippen LogP contribution in [0, 0.1) is 11.3 Å². The molecule has 0 aromatic heterocycles. The van der Waals surface area contributed by atoms with Crippen LogP contribution in [0.2, 0.25) is 0 Å². The maximum Gasteiger partial charge on any atom is 0.119 e. The number of nitriles is 1. The van der Waals surface area contributed by atoms with E-state index in [-0.39, 0.29) is 0 Å². The first-order valence-corrected chi connectivity index (χ1v) is 5.77. The summed E-state index contributed by atoms with van der Waals surface area (Å²) in [7, 11) is 0. The van der Waals surface area contributed by atoms with Crippen LogP contribution < -0.4 is 10.6 Å². The summed E-state index contributed by atoms with van der Waals surface area (Å²) in [5, 5.41) is 12.4. The second-order valence-electron chi connectivity index (χ2n) is 3.90. The molecule has 0 aliphatic heterocycles. The Labute approximate surface area is 111 Å². The van der Waals surface area contributed by atoms with E-state index < -0.39 is 0 Å². The highest BCUT2D eigenvalue weighted by Gasteiger charge is 2.01. The molecule has 4 nitrogen and oxygen atoms in total. The van der Waals surface area contributed by atoms with Gasteiger partial charge in [0, 0.05) is 5.56 Å². The lowest BCUT2D eigenvalue weighted by Gasteiger charge is -2.07. The Morgan fingerprint density at radius 1 is 1.16 bits per heavy atom. The largest absolute Gasteiger partial charge is 0.489 e.